The molecule has 1 atom stereocenters. The maximum atomic E-state index is 13.2. The van der Waals surface area contributed by atoms with E-state index < -0.39 is 17.4 Å². The zero-order valence-corrected chi connectivity index (χ0v) is 23.6. The Hall–Kier alpha value is -4.20. The van der Waals surface area contributed by atoms with E-state index in [1.807, 2.05) is 51.1 Å². The van der Waals surface area contributed by atoms with Crippen LogP contribution >= 0.6 is 12.6 Å². The Labute approximate surface area is 238 Å². The van der Waals surface area contributed by atoms with Crippen molar-refractivity contribution in [1.82, 2.24) is 20.4 Å². The predicted molar refractivity (Wildman–Crippen MR) is 156 cm³/mol. The third-order valence-corrected chi connectivity index (χ3v) is 6.26. The molecule has 1 aromatic heterocycles. The lowest BCUT2D eigenvalue weighted by molar-refractivity contribution is -0.125. The Kier molecular flexibility index (Phi) is 10.4. The van der Waals surface area contributed by atoms with Crippen LogP contribution in [0.1, 0.15) is 42.4 Å². The van der Waals surface area contributed by atoms with E-state index in [0.717, 1.165) is 16.0 Å². The van der Waals surface area contributed by atoms with Crippen LogP contribution in [-0.2, 0) is 11.3 Å². The van der Waals surface area contributed by atoms with Crippen LogP contribution in [-0.4, -0.2) is 40.7 Å². The molecule has 0 aliphatic rings. The summed E-state index contributed by atoms with van der Waals surface area (Å²) in [6, 6.07) is 21.9. The molecule has 1 unspecified atom stereocenters. The van der Waals surface area contributed by atoms with Gasteiger partial charge in [-0.05, 0) is 53.4 Å². The molecule has 10 heteroatoms. The minimum absolute atomic E-state index is 0.235. The van der Waals surface area contributed by atoms with Gasteiger partial charge in [-0.2, -0.15) is 10.4 Å². The number of nitrogens with one attached hydrogen (secondary N) is 2. The number of rotatable bonds is 7. The molecule has 8 nitrogen and oxygen atoms in total. The Bertz CT molecular complexity index is 1490. The number of hydrogen-bond acceptors (Lipinski definition) is 6. The van der Waals surface area contributed by atoms with Crippen LogP contribution in [0.15, 0.2) is 77.7 Å². The minimum Gasteiger partial charge on any atom is -0.353 e. The summed E-state index contributed by atoms with van der Waals surface area (Å²) in [5, 5.41) is 19.1. The number of carbonyl (C=O) groups excluding carboxylic acids is 2. The number of aromatic nitrogens is 2. The summed E-state index contributed by atoms with van der Waals surface area (Å²) in [5.74, 6) is -1.03. The van der Waals surface area contributed by atoms with Gasteiger partial charge in [0.2, 0.25) is 5.91 Å². The fourth-order valence-corrected chi connectivity index (χ4v) is 4.04. The molecule has 0 aliphatic carbocycles. The van der Waals surface area contributed by atoms with Gasteiger partial charge >= 0.3 is 0 Å². The number of thiol groups is 1. The van der Waals surface area contributed by atoms with E-state index >= 15 is 0 Å². The average Bonchev–Trinajstić information content (AvgIpc) is 3.30. The predicted octanol–water partition coefficient (Wildman–Crippen LogP) is 4.29. The van der Waals surface area contributed by atoms with Gasteiger partial charge in [0, 0.05) is 23.4 Å². The van der Waals surface area contributed by atoms with Crippen molar-refractivity contribution in [1.29, 1.82) is 5.26 Å². The second-order valence-corrected chi connectivity index (χ2v) is 10.7. The molecule has 4 aromatic rings. The van der Waals surface area contributed by atoms with Crippen LogP contribution in [0.3, 0.4) is 0 Å². The highest BCUT2D eigenvalue weighted by molar-refractivity contribution is 7.80. The van der Waals surface area contributed by atoms with Gasteiger partial charge in [0.1, 0.15) is 11.9 Å². The van der Waals surface area contributed by atoms with E-state index in [1.165, 1.54) is 12.1 Å². The van der Waals surface area contributed by atoms with Gasteiger partial charge in [-0.3, -0.25) is 14.3 Å². The number of para-hydroxylation sites is 1. The number of benzene rings is 3. The molecular weight excluding hydrogens is 527 g/mol. The van der Waals surface area contributed by atoms with Gasteiger partial charge in [-0.25, -0.2) is 4.39 Å². The van der Waals surface area contributed by atoms with Crippen molar-refractivity contribution < 1.29 is 14.0 Å². The molecule has 4 N–H and O–H groups in total. The summed E-state index contributed by atoms with van der Waals surface area (Å²) in [6.45, 7) is 6.67. The van der Waals surface area contributed by atoms with Gasteiger partial charge < -0.3 is 16.4 Å². The second-order valence-electron chi connectivity index (χ2n) is 10.2. The van der Waals surface area contributed by atoms with E-state index in [9.17, 15) is 14.0 Å². The van der Waals surface area contributed by atoms with Crippen molar-refractivity contribution in [3.05, 3.63) is 95.4 Å². The Morgan fingerprint density at radius 2 is 1.73 bits per heavy atom. The summed E-state index contributed by atoms with van der Waals surface area (Å²) in [6.07, 6.45) is 0. The molecule has 4 rings (SSSR count). The lowest BCUT2D eigenvalue weighted by Crippen LogP contribution is -2.54. The number of amides is 2. The zero-order valence-electron chi connectivity index (χ0n) is 22.7. The van der Waals surface area contributed by atoms with Gasteiger partial charge in [-0.1, -0.05) is 51.1 Å². The standard InChI is InChI=1S/C23H28FN5O2.C7H5NS/c1-23(2,3)20(22(31)26-13-12-25)27-21(30)19-17-6-4-5-7-18(17)29(28-19)14-15-8-10-16(24)11-9-15;8-5-6-1-3-7(9)4-2-6/h4-11,20H,12-14,25H2,1-3H3,(H,26,31)(H,27,30);1-4,9H. The normalized spacial score (nSPS) is 11.6. The van der Waals surface area contributed by atoms with E-state index in [1.54, 1.807) is 41.1 Å². The van der Waals surface area contributed by atoms with Crippen LogP contribution < -0.4 is 16.4 Å². The number of fused-ring (bicyclic) bond motifs is 1. The van der Waals surface area contributed by atoms with Gasteiger partial charge in [0.05, 0.1) is 23.7 Å². The van der Waals surface area contributed by atoms with Crippen molar-refractivity contribution in [3.63, 3.8) is 0 Å². The quantitative estimate of drug-likeness (QED) is 0.251. The number of hydrogen-bond donors (Lipinski definition) is 4. The lowest BCUT2D eigenvalue weighted by Gasteiger charge is -2.30. The number of nitrogens with two attached hydrogens (primary N) is 1. The fourth-order valence-electron chi connectivity index (χ4n) is 3.89. The van der Waals surface area contributed by atoms with Crippen LogP contribution in [0.4, 0.5) is 4.39 Å². The minimum atomic E-state index is -0.757. The smallest absolute Gasteiger partial charge is 0.273 e. The SMILES string of the molecule is CC(C)(C)C(NC(=O)c1nn(Cc2ccc(F)cc2)c2ccccc12)C(=O)NCCN.N#Cc1ccc(S)cc1. The molecule has 1 heterocycles. The first-order valence-electron chi connectivity index (χ1n) is 12.7. The van der Waals surface area contributed by atoms with Gasteiger partial charge in [0.25, 0.3) is 5.91 Å². The van der Waals surface area contributed by atoms with Crippen LogP contribution in [0.5, 0.6) is 0 Å². The van der Waals surface area contributed by atoms with E-state index in [4.69, 9.17) is 11.0 Å². The first kappa shape index (κ1) is 30.3. The molecule has 0 radical (unpaired) electrons. The fraction of sp³-hybridized carbons (Fsp3) is 0.267. The molecule has 0 spiro atoms. The first-order valence-corrected chi connectivity index (χ1v) is 13.2. The molecular formula is C30H33FN6O2S. The zero-order chi connectivity index (χ0) is 29.3. The van der Waals surface area contributed by atoms with Crippen molar-refractivity contribution >= 4 is 35.3 Å². The lowest BCUT2D eigenvalue weighted by atomic mass is 9.86. The molecule has 0 fully saturated rings. The van der Waals surface area contributed by atoms with Crippen molar-refractivity contribution in [3.8, 4) is 6.07 Å². The van der Waals surface area contributed by atoms with Gasteiger partial charge in [0.15, 0.2) is 5.69 Å². The molecule has 0 saturated carbocycles. The average molecular weight is 561 g/mol. The molecule has 0 saturated heterocycles. The number of nitriles is 1. The maximum Gasteiger partial charge on any atom is 0.273 e. The summed E-state index contributed by atoms with van der Waals surface area (Å²) in [7, 11) is 0. The summed E-state index contributed by atoms with van der Waals surface area (Å²) >= 11 is 4.06. The first-order chi connectivity index (χ1) is 19.0. The molecule has 0 aliphatic heterocycles. The molecule has 208 valence electrons. The molecule has 0 bridgehead atoms. The van der Waals surface area contributed by atoms with E-state index in [2.05, 4.69) is 28.4 Å². The highest BCUT2D eigenvalue weighted by Crippen LogP contribution is 2.23. The van der Waals surface area contributed by atoms with Crippen LogP contribution in [0, 0.1) is 22.6 Å². The monoisotopic (exact) mass is 560 g/mol. The number of halogens is 1. The number of nitrogens with zero attached hydrogens (tertiary/aromatic N) is 3. The third-order valence-electron chi connectivity index (χ3n) is 5.96. The Morgan fingerprint density at radius 1 is 1.07 bits per heavy atom. The summed E-state index contributed by atoms with van der Waals surface area (Å²) in [5.41, 5.74) is 7.51. The largest absolute Gasteiger partial charge is 0.353 e. The Morgan fingerprint density at radius 3 is 2.33 bits per heavy atom. The second kappa shape index (κ2) is 13.7. The van der Waals surface area contributed by atoms with Gasteiger partial charge in [-0.15, -0.1) is 12.6 Å². The topological polar surface area (TPSA) is 126 Å². The van der Waals surface area contributed by atoms with Crippen molar-refractivity contribution in [2.45, 2.75) is 38.3 Å². The summed E-state index contributed by atoms with van der Waals surface area (Å²) in [4.78, 5) is 26.7. The van der Waals surface area contributed by atoms with E-state index in [0.29, 0.717) is 30.6 Å². The highest BCUT2D eigenvalue weighted by Gasteiger charge is 2.33. The van der Waals surface area contributed by atoms with Crippen molar-refractivity contribution in [2.24, 2.45) is 11.1 Å². The highest BCUT2D eigenvalue weighted by atomic mass is 32.1. The molecule has 40 heavy (non-hydrogen) atoms. The molecule has 3 aromatic carbocycles. The van der Waals surface area contributed by atoms with E-state index in [-0.39, 0.29) is 17.4 Å². The third kappa shape index (κ3) is 8.15. The van der Waals surface area contributed by atoms with Crippen LogP contribution in [0.2, 0.25) is 0 Å². The Balaban J connectivity index is 0.000000415. The van der Waals surface area contributed by atoms with Crippen LogP contribution in [0.25, 0.3) is 10.9 Å². The maximum absolute atomic E-state index is 13.2. The summed E-state index contributed by atoms with van der Waals surface area (Å²) < 4.78 is 14.9. The van der Waals surface area contributed by atoms with Crippen molar-refractivity contribution in [2.75, 3.05) is 13.1 Å². The number of carbonyl (C=O) groups is 2. The molecule has 2 amide bonds.